The molecule has 0 bridgehead atoms. The second-order valence-electron chi connectivity index (χ2n) is 5.13. The van der Waals surface area contributed by atoms with E-state index in [0.29, 0.717) is 0 Å². The first-order valence-corrected chi connectivity index (χ1v) is 7.96. The van der Waals surface area contributed by atoms with Crippen molar-refractivity contribution in [3.8, 4) is 10.4 Å². The van der Waals surface area contributed by atoms with Gasteiger partial charge in [-0.2, -0.15) is 0 Å². The Labute approximate surface area is 131 Å². The summed E-state index contributed by atoms with van der Waals surface area (Å²) in [6, 6.07) is 8.59. The van der Waals surface area contributed by atoms with E-state index in [4.69, 9.17) is 4.74 Å². The van der Waals surface area contributed by atoms with Crippen molar-refractivity contribution in [2.24, 2.45) is 0 Å². The van der Waals surface area contributed by atoms with Gasteiger partial charge in [-0.25, -0.2) is 14.4 Å². The van der Waals surface area contributed by atoms with Gasteiger partial charge in [0.2, 0.25) is 0 Å². The second kappa shape index (κ2) is 5.62. The molecule has 0 spiro atoms. The van der Waals surface area contributed by atoms with E-state index in [1.165, 1.54) is 12.1 Å². The highest BCUT2D eigenvalue weighted by atomic mass is 32.1. The number of hydrogen-bond donors (Lipinski definition) is 0. The van der Waals surface area contributed by atoms with Gasteiger partial charge in [0.25, 0.3) is 0 Å². The average molecular weight is 315 g/mol. The minimum atomic E-state index is -0.223. The van der Waals surface area contributed by atoms with Crippen molar-refractivity contribution in [2.45, 2.75) is 0 Å². The number of benzene rings is 1. The van der Waals surface area contributed by atoms with Crippen LogP contribution in [0.2, 0.25) is 0 Å². The van der Waals surface area contributed by atoms with Gasteiger partial charge in [0.05, 0.1) is 23.4 Å². The Hall–Kier alpha value is -2.05. The van der Waals surface area contributed by atoms with Crippen LogP contribution in [0.1, 0.15) is 0 Å². The third-order valence-electron chi connectivity index (χ3n) is 3.73. The maximum absolute atomic E-state index is 13.1. The van der Waals surface area contributed by atoms with Crippen LogP contribution in [0.5, 0.6) is 0 Å². The molecular weight excluding hydrogens is 301 g/mol. The summed E-state index contributed by atoms with van der Waals surface area (Å²) >= 11 is 1.65. The smallest absolute Gasteiger partial charge is 0.150 e. The summed E-state index contributed by atoms with van der Waals surface area (Å²) in [5, 5.41) is 0. The zero-order chi connectivity index (χ0) is 14.9. The van der Waals surface area contributed by atoms with Gasteiger partial charge in [0.15, 0.2) is 0 Å². The summed E-state index contributed by atoms with van der Waals surface area (Å²) in [7, 11) is 0. The number of halogens is 1. The fraction of sp³-hybridized carbons (Fsp3) is 0.250. The lowest BCUT2D eigenvalue weighted by molar-refractivity contribution is 0.122. The monoisotopic (exact) mass is 315 g/mol. The van der Waals surface area contributed by atoms with Gasteiger partial charge in [0, 0.05) is 18.0 Å². The van der Waals surface area contributed by atoms with E-state index in [1.807, 2.05) is 6.07 Å². The minimum Gasteiger partial charge on any atom is -0.378 e. The predicted octanol–water partition coefficient (Wildman–Crippen LogP) is 3.33. The largest absolute Gasteiger partial charge is 0.378 e. The molecule has 0 radical (unpaired) electrons. The highest BCUT2D eigenvalue weighted by molar-refractivity contribution is 7.22. The SMILES string of the molecule is Fc1ccc(-c2cc3ncnc(N4CCOCC4)c3s2)cc1. The van der Waals surface area contributed by atoms with E-state index in [1.54, 1.807) is 29.8 Å². The standard InChI is InChI=1S/C16H14FN3OS/c17-12-3-1-11(2-4-12)14-9-13-15(22-14)16(19-10-18-13)20-5-7-21-8-6-20/h1-4,9-10H,5-8H2. The Balaban J connectivity index is 1.78. The zero-order valence-corrected chi connectivity index (χ0v) is 12.6. The van der Waals surface area contributed by atoms with Crippen LogP contribution in [0.4, 0.5) is 10.2 Å². The van der Waals surface area contributed by atoms with Crippen LogP contribution in [0, 0.1) is 5.82 Å². The number of thiophene rings is 1. The van der Waals surface area contributed by atoms with Gasteiger partial charge < -0.3 is 9.64 Å². The lowest BCUT2D eigenvalue weighted by Crippen LogP contribution is -2.36. The summed E-state index contributed by atoms with van der Waals surface area (Å²) in [6.07, 6.45) is 1.61. The first-order chi connectivity index (χ1) is 10.8. The second-order valence-corrected chi connectivity index (χ2v) is 6.18. The zero-order valence-electron chi connectivity index (χ0n) is 11.8. The first kappa shape index (κ1) is 13.6. The number of hydrogen-bond acceptors (Lipinski definition) is 5. The maximum Gasteiger partial charge on any atom is 0.150 e. The molecule has 1 fully saturated rings. The molecule has 0 unspecified atom stereocenters. The van der Waals surface area contributed by atoms with Gasteiger partial charge in [-0.05, 0) is 23.8 Å². The molecule has 112 valence electrons. The first-order valence-electron chi connectivity index (χ1n) is 7.14. The molecule has 0 atom stereocenters. The average Bonchev–Trinajstić information content (AvgIpc) is 3.00. The van der Waals surface area contributed by atoms with Crippen molar-refractivity contribution in [2.75, 3.05) is 31.2 Å². The molecule has 0 amide bonds. The van der Waals surface area contributed by atoms with Gasteiger partial charge in [-0.1, -0.05) is 12.1 Å². The van der Waals surface area contributed by atoms with Gasteiger partial charge in [-0.3, -0.25) is 0 Å². The molecule has 3 heterocycles. The number of morpholine rings is 1. The number of ether oxygens (including phenoxy) is 1. The van der Waals surface area contributed by atoms with E-state index >= 15 is 0 Å². The Morgan fingerprint density at radius 3 is 2.64 bits per heavy atom. The molecule has 0 saturated carbocycles. The number of rotatable bonds is 2. The number of nitrogens with zero attached hydrogens (tertiary/aromatic N) is 3. The molecule has 1 aliphatic rings. The molecular formula is C16H14FN3OS. The van der Waals surface area contributed by atoms with Crippen LogP contribution in [-0.2, 0) is 4.74 Å². The van der Waals surface area contributed by atoms with E-state index in [9.17, 15) is 4.39 Å². The minimum absolute atomic E-state index is 0.223. The van der Waals surface area contributed by atoms with E-state index in [2.05, 4.69) is 14.9 Å². The lowest BCUT2D eigenvalue weighted by atomic mass is 10.2. The van der Waals surface area contributed by atoms with Gasteiger partial charge in [0.1, 0.15) is 18.0 Å². The molecule has 2 aromatic heterocycles. The molecule has 4 nitrogen and oxygen atoms in total. The molecule has 4 rings (SSSR count). The molecule has 0 N–H and O–H groups in total. The fourth-order valence-electron chi connectivity index (χ4n) is 2.60. The summed E-state index contributed by atoms with van der Waals surface area (Å²) in [5.74, 6) is 0.741. The van der Waals surface area contributed by atoms with Crippen LogP contribution >= 0.6 is 11.3 Å². The molecule has 3 aromatic rings. The Morgan fingerprint density at radius 2 is 1.86 bits per heavy atom. The predicted molar refractivity (Wildman–Crippen MR) is 85.8 cm³/mol. The lowest BCUT2D eigenvalue weighted by Gasteiger charge is -2.27. The summed E-state index contributed by atoms with van der Waals surface area (Å²) in [4.78, 5) is 12.1. The quantitative estimate of drug-likeness (QED) is 0.727. The summed E-state index contributed by atoms with van der Waals surface area (Å²) in [6.45, 7) is 3.13. The highest BCUT2D eigenvalue weighted by Gasteiger charge is 2.17. The number of aromatic nitrogens is 2. The molecule has 1 saturated heterocycles. The van der Waals surface area contributed by atoms with Crippen LogP contribution in [0.3, 0.4) is 0 Å². The number of anilines is 1. The summed E-state index contributed by atoms with van der Waals surface area (Å²) < 4.78 is 19.6. The van der Waals surface area contributed by atoms with Crippen LogP contribution in [0.15, 0.2) is 36.7 Å². The van der Waals surface area contributed by atoms with E-state index < -0.39 is 0 Å². The van der Waals surface area contributed by atoms with Crippen molar-refractivity contribution in [1.82, 2.24) is 9.97 Å². The summed E-state index contributed by atoms with van der Waals surface area (Å²) in [5.41, 5.74) is 1.93. The molecule has 6 heteroatoms. The number of fused-ring (bicyclic) bond motifs is 1. The Kier molecular flexibility index (Phi) is 3.48. The normalized spacial score (nSPS) is 15.4. The Morgan fingerprint density at radius 1 is 1.09 bits per heavy atom. The van der Waals surface area contributed by atoms with E-state index in [-0.39, 0.29) is 5.82 Å². The van der Waals surface area contributed by atoms with Crippen molar-refractivity contribution in [1.29, 1.82) is 0 Å². The van der Waals surface area contributed by atoms with Gasteiger partial charge >= 0.3 is 0 Å². The fourth-order valence-corrected chi connectivity index (χ4v) is 3.73. The topological polar surface area (TPSA) is 38.2 Å². The molecule has 0 aliphatic carbocycles. The maximum atomic E-state index is 13.1. The third-order valence-corrected chi connectivity index (χ3v) is 4.90. The van der Waals surface area contributed by atoms with Crippen molar-refractivity contribution >= 4 is 27.4 Å². The van der Waals surface area contributed by atoms with Crippen LogP contribution in [-0.4, -0.2) is 36.3 Å². The van der Waals surface area contributed by atoms with Crippen LogP contribution in [0.25, 0.3) is 20.7 Å². The van der Waals surface area contributed by atoms with Crippen molar-refractivity contribution in [3.63, 3.8) is 0 Å². The van der Waals surface area contributed by atoms with Crippen molar-refractivity contribution < 1.29 is 9.13 Å². The molecule has 1 aromatic carbocycles. The van der Waals surface area contributed by atoms with E-state index in [0.717, 1.165) is 52.8 Å². The highest BCUT2D eigenvalue weighted by Crippen LogP contribution is 2.36. The van der Waals surface area contributed by atoms with Gasteiger partial charge in [-0.15, -0.1) is 11.3 Å². The van der Waals surface area contributed by atoms with Crippen LogP contribution < -0.4 is 4.90 Å². The third kappa shape index (κ3) is 2.44. The van der Waals surface area contributed by atoms with Crippen molar-refractivity contribution in [3.05, 3.63) is 42.5 Å². The molecule has 22 heavy (non-hydrogen) atoms. The molecule has 1 aliphatic heterocycles. The Bertz CT molecular complexity index is 797.